The lowest BCUT2D eigenvalue weighted by atomic mass is 9.61. The number of carboxylic acids is 1. The van der Waals surface area contributed by atoms with Crippen molar-refractivity contribution in [3.8, 4) is 28.7 Å². The van der Waals surface area contributed by atoms with Gasteiger partial charge in [-0.05, 0) is 74.8 Å². The van der Waals surface area contributed by atoms with Crippen molar-refractivity contribution in [2.75, 3.05) is 5.32 Å². The number of carbonyl (C=O) groups is 1. The van der Waals surface area contributed by atoms with Gasteiger partial charge in [0.2, 0.25) is 0 Å². The van der Waals surface area contributed by atoms with Crippen LogP contribution in [0.5, 0.6) is 0 Å². The lowest BCUT2D eigenvalue weighted by Gasteiger charge is -2.47. The van der Waals surface area contributed by atoms with Gasteiger partial charge in [-0.25, -0.2) is 30.5 Å². The highest BCUT2D eigenvalue weighted by Gasteiger charge is 2.48. The van der Waals surface area contributed by atoms with Gasteiger partial charge in [0.15, 0.2) is 17.5 Å². The highest BCUT2D eigenvalue weighted by molar-refractivity contribution is 7.90. The van der Waals surface area contributed by atoms with E-state index in [-0.39, 0.29) is 50.3 Å². The number of nitriles is 1. The second kappa shape index (κ2) is 11.3. The molecule has 13 heteroatoms. The third kappa shape index (κ3) is 4.95. The third-order valence-electron chi connectivity index (χ3n) is 9.44. The number of fused-ring (bicyclic) bond motifs is 4. The molecule has 0 saturated heterocycles. The zero-order valence-corrected chi connectivity index (χ0v) is 25.7. The van der Waals surface area contributed by atoms with Crippen LogP contribution in [0.3, 0.4) is 0 Å². The van der Waals surface area contributed by atoms with Crippen LogP contribution >= 0.6 is 0 Å². The monoisotopic (exact) mass is 660 g/mol. The Morgan fingerprint density at radius 1 is 1.09 bits per heavy atom. The minimum absolute atomic E-state index is 0.0564. The molecule has 8 rings (SSSR count). The van der Waals surface area contributed by atoms with Gasteiger partial charge in [-0.2, -0.15) is 5.26 Å². The predicted octanol–water partition coefficient (Wildman–Crippen LogP) is 7.10. The number of hydrogen-bond donors (Lipinski definition) is 2. The van der Waals surface area contributed by atoms with Crippen molar-refractivity contribution in [3.05, 3.63) is 89.6 Å². The van der Waals surface area contributed by atoms with E-state index < -0.39 is 56.7 Å². The fraction of sp³-hybridized carbons (Fsp3) is 0.265. The Hall–Kier alpha value is -5.09. The van der Waals surface area contributed by atoms with Gasteiger partial charge >= 0.3 is 5.97 Å². The summed E-state index contributed by atoms with van der Waals surface area (Å²) >= 11 is 0. The Bertz CT molecular complexity index is 2200. The van der Waals surface area contributed by atoms with E-state index in [9.17, 15) is 28.0 Å². The first kappa shape index (κ1) is 30.6. The van der Waals surface area contributed by atoms with E-state index in [2.05, 4.69) is 10.3 Å². The van der Waals surface area contributed by atoms with Gasteiger partial charge in [-0.1, -0.05) is 17.7 Å². The Morgan fingerprint density at radius 3 is 2.43 bits per heavy atom. The number of aromatic nitrogens is 2. The van der Waals surface area contributed by atoms with Crippen LogP contribution in [-0.4, -0.2) is 34.5 Å². The zero-order chi connectivity index (χ0) is 33.2. The number of nitrogens with one attached hydrogen (secondary N) is 1. The number of anilines is 1. The lowest BCUT2D eigenvalue weighted by molar-refractivity contribution is -0.148. The molecule has 2 bridgehead atoms. The number of rotatable bonds is 7. The summed E-state index contributed by atoms with van der Waals surface area (Å²) in [5, 5.41) is 23.3. The molecular weight excluding hydrogens is 633 g/mol. The first-order valence-corrected chi connectivity index (χ1v) is 16.4. The van der Waals surface area contributed by atoms with Gasteiger partial charge < -0.3 is 14.8 Å². The van der Waals surface area contributed by atoms with Crippen molar-refractivity contribution in [3.63, 3.8) is 0 Å². The Kier molecular flexibility index (Phi) is 7.35. The summed E-state index contributed by atoms with van der Waals surface area (Å²) in [6.07, 6.45) is 5.25. The standard InChI is InChI=1S/C34H27F3N4O5S/c1-17-4-10-21(11-5-17)47(44,45)41-16-24(22-13-20(35)14-25(36)32(22)41)31-23(15-38)28(26-3-2-12-46-26)29(37)33(40-31)39-30-19-8-6-18(7-9-19)27(30)34(42)43/h2-5,10-14,16,18-19,27,30H,6-9H2,1H3,(H,39,40)(H,42,43). The number of halogens is 3. The number of furan rings is 1. The van der Waals surface area contributed by atoms with Crippen molar-refractivity contribution < 1.29 is 35.9 Å². The van der Waals surface area contributed by atoms with Crippen LogP contribution < -0.4 is 5.32 Å². The topological polar surface area (TPSA) is 138 Å². The number of carboxylic acid groups (broad SMARTS) is 1. The van der Waals surface area contributed by atoms with Crippen LogP contribution in [0.4, 0.5) is 19.0 Å². The number of pyridine rings is 1. The molecule has 3 saturated carbocycles. The molecule has 3 fully saturated rings. The van der Waals surface area contributed by atoms with Crippen LogP contribution in [0, 0.1) is 53.5 Å². The maximum absolute atomic E-state index is 16.5. The molecule has 5 aromatic rings. The lowest BCUT2D eigenvalue weighted by Crippen LogP contribution is -2.51. The van der Waals surface area contributed by atoms with Crippen LogP contribution in [-0.2, 0) is 14.8 Å². The number of nitrogens with zero attached hydrogens (tertiary/aromatic N) is 3. The van der Waals surface area contributed by atoms with E-state index in [4.69, 9.17) is 4.42 Å². The maximum atomic E-state index is 16.5. The summed E-state index contributed by atoms with van der Waals surface area (Å²) in [5.74, 6) is -5.68. The second-order valence-electron chi connectivity index (χ2n) is 12.1. The molecule has 0 amide bonds. The molecule has 2 unspecified atom stereocenters. The number of aliphatic carboxylic acids is 1. The summed E-state index contributed by atoms with van der Waals surface area (Å²) in [6.45, 7) is 1.77. The van der Waals surface area contributed by atoms with Crippen LogP contribution in [0.15, 0.2) is 70.3 Å². The molecule has 240 valence electrons. The molecule has 3 aliphatic rings. The summed E-state index contributed by atoms with van der Waals surface area (Å²) in [4.78, 5) is 16.6. The molecular formula is C34H27F3N4O5S. The van der Waals surface area contributed by atoms with Crippen LogP contribution in [0.1, 0.15) is 36.8 Å². The Balaban J connectivity index is 1.50. The molecule has 47 heavy (non-hydrogen) atoms. The van der Waals surface area contributed by atoms with Crippen LogP contribution in [0.2, 0.25) is 0 Å². The second-order valence-corrected chi connectivity index (χ2v) is 13.9. The molecule has 3 aliphatic carbocycles. The normalized spacial score (nSPS) is 20.7. The molecule has 9 nitrogen and oxygen atoms in total. The fourth-order valence-corrected chi connectivity index (χ4v) is 8.61. The van der Waals surface area contributed by atoms with Crippen LogP contribution in [0.25, 0.3) is 33.5 Å². The molecule has 0 radical (unpaired) electrons. The SMILES string of the molecule is Cc1ccc(S(=O)(=O)n2cc(-c3nc(NC4C5CCC(CC5)C4C(=O)O)c(F)c(-c4ccco4)c3C#N)c3cc(F)cc(F)c32)cc1. The summed E-state index contributed by atoms with van der Waals surface area (Å²) in [6, 6.07) is 11.4. The maximum Gasteiger partial charge on any atom is 0.308 e. The van der Waals surface area contributed by atoms with Gasteiger partial charge in [0.25, 0.3) is 10.0 Å². The van der Waals surface area contributed by atoms with Crippen molar-refractivity contribution >= 4 is 32.7 Å². The molecule has 3 aromatic heterocycles. The van der Waals surface area contributed by atoms with Gasteiger partial charge in [0.1, 0.15) is 23.2 Å². The fourth-order valence-electron chi connectivity index (χ4n) is 7.23. The van der Waals surface area contributed by atoms with Crippen molar-refractivity contribution in [1.29, 1.82) is 5.26 Å². The Labute approximate surface area is 267 Å². The zero-order valence-electron chi connectivity index (χ0n) is 24.9. The van der Waals surface area contributed by atoms with E-state index in [1.165, 1.54) is 30.5 Å². The van der Waals surface area contributed by atoms with E-state index in [1.54, 1.807) is 19.1 Å². The van der Waals surface area contributed by atoms with E-state index in [1.807, 2.05) is 6.07 Å². The summed E-state index contributed by atoms with van der Waals surface area (Å²) in [5.41, 5.74) is -0.853. The summed E-state index contributed by atoms with van der Waals surface area (Å²) in [7, 11) is -4.47. The van der Waals surface area contributed by atoms with Crippen molar-refractivity contribution in [2.24, 2.45) is 17.8 Å². The smallest absolute Gasteiger partial charge is 0.308 e. The Morgan fingerprint density at radius 2 is 1.79 bits per heavy atom. The highest BCUT2D eigenvalue weighted by atomic mass is 32.2. The molecule has 2 aromatic carbocycles. The first-order valence-electron chi connectivity index (χ1n) is 15.0. The van der Waals surface area contributed by atoms with Crippen molar-refractivity contribution in [1.82, 2.24) is 8.96 Å². The van der Waals surface area contributed by atoms with Gasteiger partial charge in [0, 0.05) is 29.3 Å². The van der Waals surface area contributed by atoms with Gasteiger partial charge in [0.05, 0.1) is 33.9 Å². The quantitative estimate of drug-likeness (QED) is 0.189. The highest BCUT2D eigenvalue weighted by Crippen LogP contribution is 2.47. The van der Waals surface area contributed by atoms with Crippen molar-refractivity contribution in [2.45, 2.75) is 43.5 Å². The molecule has 2 N–H and O–H groups in total. The summed E-state index contributed by atoms with van der Waals surface area (Å²) < 4.78 is 80.7. The minimum atomic E-state index is -4.47. The van der Waals surface area contributed by atoms with E-state index in [0.29, 0.717) is 10.0 Å². The number of hydrogen-bond acceptors (Lipinski definition) is 7. The van der Waals surface area contributed by atoms with E-state index in [0.717, 1.165) is 43.5 Å². The molecule has 2 atom stereocenters. The minimum Gasteiger partial charge on any atom is -0.481 e. The average Bonchev–Trinajstić information content (AvgIpc) is 3.71. The first-order chi connectivity index (χ1) is 22.5. The van der Waals surface area contributed by atoms with Gasteiger partial charge in [-0.3, -0.25) is 4.79 Å². The number of aryl methyl sites for hydroxylation is 1. The molecule has 3 heterocycles. The predicted molar refractivity (Wildman–Crippen MR) is 165 cm³/mol. The van der Waals surface area contributed by atoms with E-state index >= 15 is 8.78 Å². The average molecular weight is 661 g/mol. The number of benzene rings is 2. The van der Waals surface area contributed by atoms with Gasteiger partial charge in [-0.15, -0.1) is 0 Å². The molecule has 0 spiro atoms. The largest absolute Gasteiger partial charge is 0.481 e. The molecule has 0 aliphatic heterocycles. The third-order valence-corrected chi connectivity index (χ3v) is 11.1.